The monoisotopic (exact) mass is 325 g/mol. The Balaban J connectivity index is 5.27. The summed E-state index contributed by atoms with van der Waals surface area (Å²) in [6, 6.07) is 0. The van der Waals surface area contributed by atoms with Crippen LogP contribution in [0.1, 0.15) is 0 Å². The van der Waals surface area contributed by atoms with Crippen molar-refractivity contribution in [2.24, 2.45) is 0 Å². The Morgan fingerprint density at radius 1 is 0.842 bits per heavy atom. The van der Waals surface area contributed by atoms with Gasteiger partial charge in [-0.05, 0) is 0 Å². The maximum atomic E-state index is 13.5. The predicted octanol–water partition coefficient (Wildman–Crippen LogP) is 4.49. The Morgan fingerprint density at radius 2 is 1.16 bits per heavy atom. The first-order valence-corrected chi connectivity index (χ1v) is 12.8. The third-order valence-electron chi connectivity index (χ3n) is 2.65. The topological polar surface area (TPSA) is 3.24 Å². The molecule has 0 spiro atoms. The minimum atomic E-state index is -5.53. The molecule has 0 saturated carbocycles. The third kappa shape index (κ3) is 5.46. The molecular weight excluding hydrogens is 304 g/mol. The van der Waals surface area contributed by atoms with Gasteiger partial charge in [0.2, 0.25) is 0 Å². The molecule has 0 aromatic carbocycles. The quantitative estimate of drug-likeness (QED) is 0.531. The van der Waals surface area contributed by atoms with Crippen LogP contribution in [-0.4, -0.2) is 45.5 Å². The molecule has 1 atom stereocenters. The van der Waals surface area contributed by atoms with Crippen LogP contribution in [0, 0.1) is 0 Å². The first kappa shape index (κ1) is 19.0. The van der Waals surface area contributed by atoms with E-state index in [0.717, 1.165) is 0 Å². The van der Waals surface area contributed by atoms with Gasteiger partial charge in [-0.25, -0.2) is 13.2 Å². The molecule has 0 aliphatic heterocycles. The highest BCUT2D eigenvalue weighted by atomic mass is 28.4. The van der Waals surface area contributed by atoms with E-state index < -0.39 is 41.3 Å². The van der Waals surface area contributed by atoms with Crippen molar-refractivity contribution in [1.29, 1.82) is 0 Å². The van der Waals surface area contributed by atoms with Crippen molar-refractivity contribution in [3.8, 4) is 0 Å². The summed E-state index contributed by atoms with van der Waals surface area (Å²) < 4.78 is 77.9. The van der Waals surface area contributed by atoms with E-state index in [-0.39, 0.29) is 0 Å². The van der Waals surface area contributed by atoms with Gasteiger partial charge in [0.25, 0.3) is 12.1 Å². The number of hydrogen-bond acceptors (Lipinski definition) is 1. The molecule has 1 unspecified atom stereocenters. The Bertz CT molecular complexity index is 291. The largest absolute Gasteiger partial charge is 0.425 e. The highest BCUT2D eigenvalue weighted by Gasteiger charge is 2.58. The lowest BCUT2D eigenvalue weighted by Crippen LogP contribution is -2.64. The second-order valence-electron chi connectivity index (χ2n) is 6.59. The molecule has 0 bridgehead atoms. The smallest absolute Gasteiger partial charge is 0.341 e. The molecule has 0 saturated heterocycles. The maximum absolute atomic E-state index is 13.5. The van der Waals surface area contributed by atoms with E-state index in [9.17, 15) is 26.3 Å². The van der Waals surface area contributed by atoms with Crippen molar-refractivity contribution in [2.75, 3.05) is 6.54 Å². The molecule has 19 heavy (non-hydrogen) atoms. The van der Waals surface area contributed by atoms with Crippen molar-refractivity contribution in [3.05, 3.63) is 0 Å². The predicted molar refractivity (Wildman–Crippen MR) is 69.3 cm³/mol. The lowest BCUT2D eigenvalue weighted by Gasteiger charge is -2.45. The van der Waals surface area contributed by atoms with Crippen LogP contribution < -0.4 is 0 Å². The number of halogens is 6. The van der Waals surface area contributed by atoms with Crippen LogP contribution in [0.25, 0.3) is 0 Å². The van der Waals surface area contributed by atoms with E-state index in [0.29, 0.717) is 0 Å². The third-order valence-corrected chi connectivity index (χ3v) is 10.2. The van der Waals surface area contributed by atoms with Crippen LogP contribution in [-0.2, 0) is 0 Å². The number of rotatable bonds is 5. The molecular formula is C10H21F6NSi2. The Hall–Kier alpha value is -0.0262. The summed E-state index contributed by atoms with van der Waals surface area (Å²) in [6.45, 7) is 9.43. The zero-order valence-electron chi connectivity index (χ0n) is 12.0. The summed E-state index contributed by atoms with van der Waals surface area (Å²) in [4.78, 5) is 0. The van der Waals surface area contributed by atoms with Gasteiger partial charge in [0.15, 0.2) is 0 Å². The van der Waals surface area contributed by atoms with E-state index >= 15 is 0 Å². The molecule has 0 fully saturated rings. The zero-order chi connectivity index (χ0) is 15.9. The summed E-state index contributed by atoms with van der Waals surface area (Å²) in [7, 11) is -4.51. The van der Waals surface area contributed by atoms with Gasteiger partial charge < -0.3 is 4.23 Å². The van der Waals surface area contributed by atoms with Gasteiger partial charge in [-0.15, -0.1) is 0 Å². The van der Waals surface area contributed by atoms with Gasteiger partial charge in [0.1, 0.15) is 16.5 Å². The number of alkyl halides is 6. The molecule has 0 heterocycles. The molecule has 1 nitrogen and oxygen atoms in total. The van der Waals surface area contributed by atoms with Crippen molar-refractivity contribution in [2.45, 2.75) is 57.6 Å². The van der Waals surface area contributed by atoms with Crippen LogP contribution in [0.5, 0.6) is 0 Å². The summed E-state index contributed by atoms with van der Waals surface area (Å²) in [6.07, 6.45) is -9.65. The highest BCUT2D eigenvalue weighted by Crippen LogP contribution is 2.37. The Morgan fingerprint density at radius 3 is 1.37 bits per heavy atom. The highest BCUT2D eigenvalue weighted by molar-refractivity contribution is 6.89. The number of hydrogen-bond donors (Lipinski definition) is 0. The van der Waals surface area contributed by atoms with Gasteiger partial charge in [-0.2, -0.15) is 13.2 Å². The van der Waals surface area contributed by atoms with Gasteiger partial charge in [-0.3, -0.25) is 0 Å². The standard InChI is InChI=1S/C10H21F6NSi2/c1-18(2,3)17(19(4,5)6)7-9(12,13)8(11)10(14,15)16/h8H,7H2,1-6H3. The van der Waals surface area contributed by atoms with Crippen molar-refractivity contribution in [1.82, 2.24) is 4.23 Å². The second kappa shape index (κ2) is 5.40. The maximum Gasteiger partial charge on any atom is 0.425 e. The van der Waals surface area contributed by atoms with Crippen LogP contribution in [0.15, 0.2) is 0 Å². The van der Waals surface area contributed by atoms with Gasteiger partial charge >= 0.3 is 6.18 Å². The molecule has 0 radical (unpaired) electrons. The average molecular weight is 325 g/mol. The van der Waals surface area contributed by atoms with Crippen LogP contribution in [0.4, 0.5) is 26.3 Å². The summed E-state index contributed by atoms with van der Waals surface area (Å²) in [5.41, 5.74) is 0. The summed E-state index contributed by atoms with van der Waals surface area (Å²) in [5.74, 6) is -4.42. The lowest BCUT2D eigenvalue weighted by molar-refractivity contribution is -0.244. The van der Waals surface area contributed by atoms with E-state index in [1.54, 1.807) is 39.3 Å². The van der Waals surface area contributed by atoms with E-state index in [4.69, 9.17) is 0 Å². The van der Waals surface area contributed by atoms with Gasteiger partial charge in [0.05, 0.1) is 6.54 Å². The zero-order valence-corrected chi connectivity index (χ0v) is 14.0. The van der Waals surface area contributed by atoms with Crippen molar-refractivity contribution >= 4 is 16.5 Å². The fraction of sp³-hybridized carbons (Fsp3) is 1.00. The SMILES string of the molecule is C[Si](C)(C)N(CC(F)(F)C(F)C(F)(F)F)[Si](C)(C)C. The molecule has 0 aliphatic rings. The van der Waals surface area contributed by atoms with Crippen LogP contribution >= 0.6 is 0 Å². The molecule has 0 amide bonds. The molecule has 0 N–H and O–H groups in total. The Kier molecular flexibility index (Phi) is 5.39. The lowest BCUT2D eigenvalue weighted by atomic mass is 10.2. The second-order valence-corrected chi connectivity index (χ2v) is 16.8. The molecule has 0 rings (SSSR count). The molecule has 0 aliphatic carbocycles. The first-order chi connectivity index (χ1) is 7.99. The van der Waals surface area contributed by atoms with Crippen molar-refractivity contribution in [3.63, 3.8) is 0 Å². The van der Waals surface area contributed by atoms with E-state index in [2.05, 4.69) is 0 Å². The average Bonchev–Trinajstić information content (AvgIpc) is 2.08. The van der Waals surface area contributed by atoms with Crippen molar-refractivity contribution < 1.29 is 26.3 Å². The summed E-state index contributed by atoms with van der Waals surface area (Å²) in [5, 5.41) is 0. The molecule has 9 heteroatoms. The minimum Gasteiger partial charge on any atom is -0.341 e. The fourth-order valence-electron chi connectivity index (χ4n) is 2.01. The summed E-state index contributed by atoms with van der Waals surface area (Å²) >= 11 is 0. The van der Waals surface area contributed by atoms with Gasteiger partial charge in [0, 0.05) is 0 Å². The Labute approximate surface area is 112 Å². The van der Waals surface area contributed by atoms with Crippen LogP contribution in [0.3, 0.4) is 0 Å². The van der Waals surface area contributed by atoms with E-state index in [1.807, 2.05) is 0 Å². The van der Waals surface area contributed by atoms with E-state index in [1.165, 1.54) is 4.23 Å². The molecule has 116 valence electrons. The minimum absolute atomic E-state index is 1.17. The van der Waals surface area contributed by atoms with Gasteiger partial charge in [-0.1, -0.05) is 39.3 Å². The fourth-order valence-corrected chi connectivity index (χ4v) is 11.4. The first-order valence-electron chi connectivity index (χ1n) is 5.86. The molecule has 0 aromatic heterocycles. The van der Waals surface area contributed by atoms with Crippen LogP contribution in [0.2, 0.25) is 39.3 Å². The number of nitrogens with zero attached hydrogens (tertiary/aromatic N) is 1. The molecule has 0 aromatic rings. The normalized spacial score (nSPS) is 16.9.